The van der Waals surface area contributed by atoms with Crippen molar-refractivity contribution in [3.63, 3.8) is 0 Å². The molecule has 4 rings (SSSR count). The summed E-state index contributed by atoms with van der Waals surface area (Å²) in [5, 5.41) is 15.9. The van der Waals surface area contributed by atoms with Gasteiger partial charge in [0.25, 0.3) is 0 Å². The zero-order valence-corrected chi connectivity index (χ0v) is 15.4. The fourth-order valence-electron chi connectivity index (χ4n) is 3.57. The van der Waals surface area contributed by atoms with Gasteiger partial charge in [0, 0.05) is 24.7 Å². The minimum absolute atomic E-state index is 0.0225. The van der Waals surface area contributed by atoms with E-state index in [0.29, 0.717) is 43.2 Å². The van der Waals surface area contributed by atoms with E-state index in [2.05, 4.69) is 10.6 Å². The lowest BCUT2D eigenvalue weighted by atomic mass is 9.80. The van der Waals surface area contributed by atoms with Crippen molar-refractivity contribution < 1.29 is 24.2 Å². The summed E-state index contributed by atoms with van der Waals surface area (Å²) in [4.78, 5) is 24.4. The van der Waals surface area contributed by atoms with Crippen LogP contribution in [0.5, 0.6) is 11.5 Å². The molecule has 146 valence electrons. The molecule has 7 nitrogen and oxygen atoms in total. The van der Waals surface area contributed by atoms with Crippen LogP contribution in [0.1, 0.15) is 17.5 Å². The van der Waals surface area contributed by atoms with E-state index in [9.17, 15) is 14.7 Å². The zero-order valence-electron chi connectivity index (χ0n) is 15.4. The molecule has 2 aromatic carbocycles. The molecule has 7 heteroatoms. The maximum absolute atomic E-state index is 12.2. The number of hydrogen-bond donors (Lipinski definition) is 3. The van der Waals surface area contributed by atoms with Crippen LogP contribution in [0.4, 0.5) is 5.69 Å². The molecule has 0 fully saturated rings. The Bertz CT molecular complexity index is 913. The Morgan fingerprint density at radius 1 is 1.00 bits per heavy atom. The minimum Gasteiger partial charge on any atom is -0.486 e. The van der Waals surface area contributed by atoms with Gasteiger partial charge in [0.2, 0.25) is 0 Å². The summed E-state index contributed by atoms with van der Waals surface area (Å²) in [6.45, 7) is 0.940. The van der Waals surface area contributed by atoms with Crippen molar-refractivity contribution in [1.29, 1.82) is 0 Å². The number of ether oxygens (including phenoxy) is 2. The minimum atomic E-state index is -1.05. The van der Waals surface area contributed by atoms with Crippen LogP contribution in [-0.4, -0.2) is 42.3 Å². The summed E-state index contributed by atoms with van der Waals surface area (Å²) < 4.78 is 10.9. The molecule has 1 heterocycles. The summed E-state index contributed by atoms with van der Waals surface area (Å²) in [7, 11) is 0. The molecule has 2 aliphatic rings. The van der Waals surface area contributed by atoms with Crippen molar-refractivity contribution in [3.8, 4) is 11.5 Å². The topological polar surface area (TPSA) is 96.9 Å². The first-order valence-electron chi connectivity index (χ1n) is 9.30. The largest absolute Gasteiger partial charge is 0.486 e. The van der Waals surface area contributed by atoms with Crippen molar-refractivity contribution in [2.75, 3.05) is 25.1 Å². The Balaban J connectivity index is 1.33. The Labute approximate surface area is 162 Å². The quantitative estimate of drug-likeness (QED) is 0.698. The second kappa shape index (κ2) is 7.52. The van der Waals surface area contributed by atoms with Crippen LogP contribution in [0, 0.1) is 0 Å². The first-order chi connectivity index (χ1) is 13.5. The first-order valence-corrected chi connectivity index (χ1v) is 9.30. The molecule has 0 aromatic heterocycles. The van der Waals surface area contributed by atoms with E-state index >= 15 is 0 Å². The van der Waals surface area contributed by atoms with Crippen LogP contribution in [-0.2, 0) is 22.4 Å². The Morgan fingerprint density at radius 3 is 2.57 bits per heavy atom. The molecule has 2 amide bonds. The Morgan fingerprint density at radius 2 is 1.75 bits per heavy atom. The number of aliphatic hydroxyl groups is 1. The molecule has 0 bridgehead atoms. The van der Waals surface area contributed by atoms with Gasteiger partial charge < -0.3 is 25.2 Å². The second-order valence-electron chi connectivity index (χ2n) is 7.17. The Hall–Kier alpha value is -3.06. The third-order valence-electron chi connectivity index (χ3n) is 5.08. The molecule has 28 heavy (non-hydrogen) atoms. The monoisotopic (exact) mass is 382 g/mol. The van der Waals surface area contributed by atoms with E-state index in [-0.39, 0.29) is 6.54 Å². The number of carbonyl (C=O) groups is 2. The maximum atomic E-state index is 12.2. The van der Waals surface area contributed by atoms with Gasteiger partial charge in [-0.2, -0.15) is 0 Å². The average Bonchev–Trinajstić information content (AvgIpc) is 2.72. The predicted molar refractivity (Wildman–Crippen MR) is 102 cm³/mol. The summed E-state index contributed by atoms with van der Waals surface area (Å²) in [5.74, 6) is -0.452. The van der Waals surface area contributed by atoms with Crippen LogP contribution in [0.2, 0.25) is 0 Å². The number of amides is 2. The van der Waals surface area contributed by atoms with Gasteiger partial charge in [-0.25, -0.2) is 0 Å². The van der Waals surface area contributed by atoms with Gasteiger partial charge in [0.1, 0.15) is 13.2 Å². The predicted octanol–water partition coefficient (Wildman–Crippen LogP) is 1.43. The fraction of sp³-hybridized carbons (Fsp3) is 0.333. The fourth-order valence-corrected chi connectivity index (χ4v) is 3.57. The van der Waals surface area contributed by atoms with Crippen molar-refractivity contribution in [2.45, 2.75) is 24.9 Å². The molecule has 2 aromatic rings. The van der Waals surface area contributed by atoms with Crippen molar-refractivity contribution in [1.82, 2.24) is 5.32 Å². The Kier molecular flexibility index (Phi) is 4.92. The van der Waals surface area contributed by atoms with Gasteiger partial charge in [-0.05, 0) is 36.1 Å². The van der Waals surface area contributed by atoms with Crippen molar-refractivity contribution in [2.24, 2.45) is 0 Å². The smallest absolute Gasteiger partial charge is 0.313 e. The van der Waals surface area contributed by atoms with Gasteiger partial charge in [-0.1, -0.05) is 24.3 Å². The lowest BCUT2D eigenvalue weighted by Crippen LogP contribution is -2.49. The molecule has 1 aliphatic carbocycles. The maximum Gasteiger partial charge on any atom is 0.313 e. The molecule has 1 unspecified atom stereocenters. The standard InChI is InChI=1S/C21H22N2O5/c24-19(20(25)23-16-5-6-17-18(11-16)28-10-9-27-17)22-13-21(26)8-7-14-3-1-2-4-15(14)12-21/h1-6,11,26H,7-10,12-13H2,(H,22,24)(H,23,25). The van der Waals surface area contributed by atoms with Gasteiger partial charge in [0.05, 0.1) is 5.60 Å². The van der Waals surface area contributed by atoms with E-state index in [0.717, 1.165) is 12.0 Å². The summed E-state index contributed by atoms with van der Waals surface area (Å²) >= 11 is 0. The van der Waals surface area contributed by atoms with Crippen LogP contribution in [0.15, 0.2) is 42.5 Å². The van der Waals surface area contributed by atoms with Crippen LogP contribution < -0.4 is 20.1 Å². The molecule has 0 radical (unpaired) electrons. The number of fused-ring (bicyclic) bond motifs is 2. The summed E-state index contributed by atoms with van der Waals surface area (Å²) in [6.07, 6.45) is 1.73. The van der Waals surface area contributed by atoms with E-state index < -0.39 is 17.4 Å². The molecular formula is C21H22N2O5. The SMILES string of the molecule is O=C(NCC1(O)CCc2ccccc2C1)C(=O)Nc1ccc2c(c1)OCCO2. The van der Waals surface area contributed by atoms with Crippen LogP contribution >= 0.6 is 0 Å². The third kappa shape index (κ3) is 3.94. The van der Waals surface area contributed by atoms with Gasteiger partial charge in [0.15, 0.2) is 11.5 Å². The van der Waals surface area contributed by atoms with Crippen LogP contribution in [0.3, 0.4) is 0 Å². The lowest BCUT2D eigenvalue weighted by molar-refractivity contribution is -0.136. The number of benzene rings is 2. The number of anilines is 1. The van der Waals surface area contributed by atoms with E-state index in [1.54, 1.807) is 18.2 Å². The van der Waals surface area contributed by atoms with Gasteiger partial charge >= 0.3 is 11.8 Å². The van der Waals surface area contributed by atoms with Crippen LogP contribution in [0.25, 0.3) is 0 Å². The number of hydrogen-bond acceptors (Lipinski definition) is 5. The highest BCUT2D eigenvalue weighted by Crippen LogP contribution is 2.32. The summed E-state index contributed by atoms with van der Waals surface area (Å²) in [5.41, 5.74) is 1.68. The van der Waals surface area contributed by atoms with Crippen molar-refractivity contribution in [3.05, 3.63) is 53.6 Å². The number of nitrogens with one attached hydrogen (secondary N) is 2. The number of carbonyl (C=O) groups excluding carboxylic acids is 2. The van der Waals surface area contributed by atoms with Gasteiger partial charge in [-0.15, -0.1) is 0 Å². The molecule has 3 N–H and O–H groups in total. The third-order valence-corrected chi connectivity index (χ3v) is 5.08. The molecule has 0 saturated heterocycles. The highest BCUT2D eigenvalue weighted by molar-refractivity contribution is 6.39. The molecule has 0 spiro atoms. The zero-order chi connectivity index (χ0) is 19.6. The van der Waals surface area contributed by atoms with E-state index in [4.69, 9.17) is 9.47 Å². The van der Waals surface area contributed by atoms with E-state index in [1.165, 1.54) is 5.56 Å². The highest BCUT2D eigenvalue weighted by atomic mass is 16.6. The molecule has 1 aliphatic heterocycles. The normalized spacial score (nSPS) is 20.0. The second-order valence-corrected chi connectivity index (χ2v) is 7.17. The first kappa shape index (κ1) is 18.3. The number of aryl methyl sites for hydroxylation is 1. The van der Waals surface area contributed by atoms with Gasteiger partial charge in [-0.3, -0.25) is 9.59 Å². The summed E-state index contributed by atoms with van der Waals surface area (Å²) in [6, 6.07) is 12.9. The van der Waals surface area contributed by atoms with Crippen molar-refractivity contribution >= 4 is 17.5 Å². The molecule has 0 saturated carbocycles. The highest BCUT2D eigenvalue weighted by Gasteiger charge is 2.33. The molecular weight excluding hydrogens is 360 g/mol. The average molecular weight is 382 g/mol. The number of rotatable bonds is 3. The lowest BCUT2D eigenvalue weighted by Gasteiger charge is -2.33. The van der Waals surface area contributed by atoms with E-state index in [1.807, 2.05) is 24.3 Å². The molecule has 1 atom stereocenters.